The van der Waals surface area contributed by atoms with Gasteiger partial charge in [-0.25, -0.2) is 0 Å². The first-order valence-corrected chi connectivity index (χ1v) is 6.87. The summed E-state index contributed by atoms with van der Waals surface area (Å²) >= 11 is 1.92. The van der Waals surface area contributed by atoms with Crippen molar-refractivity contribution < 1.29 is 0 Å². The highest BCUT2D eigenvalue weighted by atomic mass is 32.2. The molecule has 14 heavy (non-hydrogen) atoms. The summed E-state index contributed by atoms with van der Waals surface area (Å²) in [6, 6.07) is 0.978. The number of nitrogens with zero attached hydrogens (tertiary/aromatic N) is 1. The van der Waals surface area contributed by atoms with E-state index in [0.29, 0.717) is 18.0 Å². The minimum atomic E-state index is 0.302. The molecule has 0 aromatic carbocycles. The van der Waals surface area contributed by atoms with Gasteiger partial charge in [0, 0.05) is 24.4 Å². The zero-order valence-electron chi connectivity index (χ0n) is 10.3. The fourth-order valence-electron chi connectivity index (χ4n) is 1.44. The second kappa shape index (κ2) is 7.55. The maximum Gasteiger partial charge on any atom is 0.0191 e. The minimum Gasteiger partial charge on any atom is -0.326 e. The zero-order valence-corrected chi connectivity index (χ0v) is 11.1. The highest BCUT2D eigenvalue weighted by Gasteiger charge is 2.16. The molecule has 0 aromatic heterocycles. The fourth-order valence-corrected chi connectivity index (χ4v) is 2.32. The van der Waals surface area contributed by atoms with E-state index in [1.807, 2.05) is 11.8 Å². The lowest BCUT2D eigenvalue weighted by Crippen LogP contribution is -2.44. The van der Waals surface area contributed by atoms with Gasteiger partial charge in [0.25, 0.3) is 0 Å². The summed E-state index contributed by atoms with van der Waals surface area (Å²) in [7, 11) is 2.19. The lowest BCUT2D eigenvalue weighted by Gasteiger charge is -2.30. The Labute approximate surface area is 93.6 Å². The van der Waals surface area contributed by atoms with Crippen LogP contribution in [0.25, 0.3) is 0 Å². The molecule has 0 saturated heterocycles. The van der Waals surface area contributed by atoms with Gasteiger partial charge in [0.15, 0.2) is 0 Å². The van der Waals surface area contributed by atoms with Gasteiger partial charge < -0.3 is 10.6 Å². The first kappa shape index (κ1) is 14.3. The maximum absolute atomic E-state index is 6.06. The van der Waals surface area contributed by atoms with Crippen LogP contribution in [0.5, 0.6) is 0 Å². The van der Waals surface area contributed by atoms with Crippen LogP contribution in [0.1, 0.15) is 27.2 Å². The van der Waals surface area contributed by atoms with E-state index in [9.17, 15) is 0 Å². The summed E-state index contributed by atoms with van der Waals surface area (Å²) in [5.41, 5.74) is 6.06. The van der Waals surface area contributed by atoms with Crippen molar-refractivity contribution in [3.8, 4) is 0 Å². The molecule has 0 aromatic rings. The quantitative estimate of drug-likeness (QED) is 0.709. The number of hydrogen-bond acceptors (Lipinski definition) is 3. The van der Waals surface area contributed by atoms with Gasteiger partial charge in [-0.05, 0) is 25.6 Å². The van der Waals surface area contributed by atoms with Crippen LogP contribution in [0.4, 0.5) is 0 Å². The molecular formula is C11H26N2S. The van der Waals surface area contributed by atoms with Gasteiger partial charge in [0.1, 0.15) is 0 Å². The number of hydrogen-bond donors (Lipinski definition) is 1. The van der Waals surface area contributed by atoms with Crippen LogP contribution in [0, 0.1) is 5.92 Å². The monoisotopic (exact) mass is 218 g/mol. The molecule has 2 N–H and O–H groups in total. The van der Waals surface area contributed by atoms with Crippen LogP contribution in [-0.2, 0) is 0 Å². The molecule has 0 radical (unpaired) electrons. The molecular weight excluding hydrogens is 192 g/mol. The van der Waals surface area contributed by atoms with Crippen molar-refractivity contribution >= 4 is 11.8 Å². The van der Waals surface area contributed by atoms with E-state index < -0.39 is 0 Å². The average Bonchev–Trinajstić information content (AvgIpc) is 2.13. The Morgan fingerprint density at radius 3 is 2.29 bits per heavy atom. The predicted octanol–water partition coefficient (Wildman–Crippen LogP) is 2.04. The van der Waals surface area contributed by atoms with Crippen molar-refractivity contribution in [2.24, 2.45) is 11.7 Å². The fraction of sp³-hybridized carbons (Fsp3) is 1.00. The van der Waals surface area contributed by atoms with E-state index in [2.05, 4.69) is 39.0 Å². The van der Waals surface area contributed by atoms with Crippen molar-refractivity contribution in [2.75, 3.05) is 25.6 Å². The van der Waals surface area contributed by atoms with E-state index in [4.69, 9.17) is 5.73 Å². The molecule has 0 bridgehead atoms. The molecule has 0 fully saturated rings. The first-order valence-electron chi connectivity index (χ1n) is 5.47. The van der Waals surface area contributed by atoms with Crippen LogP contribution < -0.4 is 5.73 Å². The third-order valence-corrected chi connectivity index (χ3v) is 3.53. The number of nitrogens with two attached hydrogens (primary N) is 1. The van der Waals surface area contributed by atoms with Gasteiger partial charge in [0.05, 0.1) is 0 Å². The third kappa shape index (κ3) is 5.23. The summed E-state index contributed by atoms with van der Waals surface area (Å²) in [5.74, 6) is 1.78. The molecule has 2 atom stereocenters. The lowest BCUT2D eigenvalue weighted by molar-refractivity contribution is 0.224. The van der Waals surface area contributed by atoms with Crippen molar-refractivity contribution in [3.63, 3.8) is 0 Å². The molecule has 0 rings (SSSR count). The Kier molecular flexibility index (Phi) is 7.69. The normalized spacial score (nSPS) is 16.3. The van der Waals surface area contributed by atoms with Gasteiger partial charge in [-0.2, -0.15) is 11.8 Å². The molecule has 0 aliphatic heterocycles. The molecule has 0 saturated carbocycles. The number of rotatable bonds is 7. The largest absolute Gasteiger partial charge is 0.326 e. The van der Waals surface area contributed by atoms with Gasteiger partial charge in [-0.3, -0.25) is 0 Å². The van der Waals surface area contributed by atoms with Gasteiger partial charge in [0.2, 0.25) is 0 Å². The second-order valence-electron chi connectivity index (χ2n) is 4.36. The molecule has 0 aliphatic rings. The van der Waals surface area contributed by atoms with Crippen molar-refractivity contribution in [3.05, 3.63) is 0 Å². The smallest absolute Gasteiger partial charge is 0.0191 e. The van der Waals surface area contributed by atoms with Crippen LogP contribution in [0.15, 0.2) is 0 Å². The van der Waals surface area contributed by atoms with E-state index in [0.717, 1.165) is 6.54 Å². The third-order valence-electron chi connectivity index (χ3n) is 2.81. The molecule has 3 heteroatoms. The van der Waals surface area contributed by atoms with Crippen LogP contribution in [0.2, 0.25) is 0 Å². The van der Waals surface area contributed by atoms with Crippen LogP contribution >= 0.6 is 11.8 Å². The standard InChI is InChI=1S/C11H26N2S/c1-6-10(8-14-5)13(4)7-11(12)9(2)3/h9-11H,6-8,12H2,1-5H3. The average molecular weight is 218 g/mol. The molecule has 86 valence electrons. The number of likely N-dealkylation sites (N-methyl/N-ethyl adjacent to an activating group) is 1. The molecule has 0 heterocycles. The SMILES string of the molecule is CCC(CSC)N(C)CC(N)C(C)C. The summed E-state index contributed by atoms with van der Waals surface area (Å²) in [5, 5.41) is 0. The Morgan fingerprint density at radius 1 is 1.36 bits per heavy atom. The van der Waals surface area contributed by atoms with E-state index in [-0.39, 0.29) is 0 Å². The van der Waals surface area contributed by atoms with E-state index >= 15 is 0 Å². The van der Waals surface area contributed by atoms with Crippen molar-refractivity contribution in [1.29, 1.82) is 0 Å². The summed E-state index contributed by atoms with van der Waals surface area (Å²) in [6.45, 7) is 7.64. The van der Waals surface area contributed by atoms with Gasteiger partial charge in [-0.1, -0.05) is 20.8 Å². The van der Waals surface area contributed by atoms with Crippen LogP contribution in [-0.4, -0.2) is 42.6 Å². The van der Waals surface area contributed by atoms with Crippen molar-refractivity contribution in [1.82, 2.24) is 4.90 Å². The summed E-state index contributed by atoms with van der Waals surface area (Å²) < 4.78 is 0. The highest BCUT2D eigenvalue weighted by Crippen LogP contribution is 2.10. The first-order chi connectivity index (χ1) is 6.52. The molecule has 0 amide bonds. The Bertz CT molecular complexity index is 139. The molecule has 2 unspecified atom stereocenters. The van der Waals surface area contributed by atoms with E-state index in [1.54, 1.807) is 0 Å². The Balaban J connectivity index is 3.96. The predicted molar refractivity (Wildman–Crippen MR) is 67.9 cm³/mol. The summed E-state index contributed by atoms with van der Waals surface area (Å²) in [6.07, 6.45) is 3.38. The lowest BCUT2D eigenvalue weighted by atomic mass is 10.0. The zero-order chi connectivity index (χ0) is 11.1. The summed E-state index contributed by atoms with van der Waals surface area (Å²) in [4.78, 5) is 2.40. The second-order valence-corrected chi connectivity index (χ2v) is 5.28. The molecule has 0 aliphatic carbocycles. The highest BCUT2D eigenvalue weighted by molar-refractivity contribution is 7.98. The number of thioether (sulfide) groups is 1. The van der Waals surface area contributed by atoms with Crippen LogP contribution in [0.3, 0.4) is 0 Å². The maximum atomic E-state index is 6.06. The Morgan fingerprint density at radius 2 is 1.93 bits per heavy atom. The Hall–Kier alpha value is 0.270. The van der Waals surface area contributed by atoms with Gasteiger partial charge >= 0.3 is 0 Å². The van der Waals surface area contributed by atoms with Gasteiger partial charge in [-0.15, -0.1) is 0 Å². The topological polar surface area (TPSA) is 29.3 Å². The molecule has 0 spiro atoms. The minimum absolute atomic E-state index is 0.302. The van der Waals surface area contributed by atoms with Crippen molar-refractivity contribution in [2.45, 2.75) is 39.3 Å². The molecule has 2 nitrogen and oxygen atoms in total. The van der Waals surface area contributed by atoms with E-state index in [1.165, 1.54) is 12.2 Å².